The Morgan fingerprint density at radius 2 is 1.62 bits per heavy atom. The molecule has 0 aromatic rings. The summed E-state index contributed by atoms with van der Waals surface area (Å²) in [6, 6.07) is 0. The molecule has 0 saturated heterocycles. The molecule has 9 atom stereocenters. The minimum atomic E-state index is -1.01. The number of ether oxygens (including phenoxy) is 1. The van der Waals surface area contributed by atoms with Crippen LogP contribution in [0.15, 0.2) is 11.1 Å². The van der Waals surface area contributed by atoms with Crippen LogP contribution in [0.25, 0.3) is 0 Å². The molecule has 8 nitrogen and oxygen atoms in total. The van der Waals surface area contributed by atoms with E-state index in [2.05, 4.69) is 6.92 Å². The van der Waals surface area contributed by atoms with E-state index in [-0.39, 0.29) is 72.9 Å². The summed E-state index contributed by atoms with van der Waals surface area (Å²) in [6.45, 7) is 14.9. The molecular formula is C32H46O8. The third kappa shape index (κ3) is 4.31. The van der Waals surface area contributed by atoms with Crippen LogP contribution in [0.5, 0.6) is 0 Å². The first-order valence-corrected chi connectivity index (χ1v) is 14.7. The number of carbonyl (C=O) groups is 5. The molecule has 0 bridgehead atoms. The summed E-state index contributed by atoms with van der Waals surface area (Å²) in [7, 11) is 0. The molecule has 0 heterocycles. The van der Waals surface area contributed by atoms with Crippen LogP contribution in [0.4, 0.5) is 0 Å². The molecule has 0 aromatic carbocycles. The number of hydrogen-bond donors (Lipinski definition) is 2. The number of aliphatic carboxylic acids is 1. The summed E-state index contributed by atoms with van der Waals surface area (Å²) in [5.41, 5.74) is -1.76. The van der Waals surface area contributed by atoms with E-state index in [1.165, 1.54) is 13.8 Å². The highest BCUT2D eigenvalue weighted by Crippen LogP contribution is 2.71. The molecule has 9 unspecified atom stereocenters. The summed E-state index contributed by atoms with van der Waals surface area (Å²) in [5, 5.41) is 20.9. The van der Waals surface area contributed by atoms with Crippen molar-refractivity contribution in [1.29, 1.82) is 0 Å². The van der Waals surface area contributed by atoms with Crippen molar-refractivity contribution in [1.82, 2.24) is 0 Å². The van der Waals surface area contributed by atoms with Gasteiger partial charge in [-0.1, -0.05) is 48.5 Å². The lowest BCUT2D eigenvalue weighted by Crippen LogP contribution is -2.60. The van der Waals surface area contributed by atoms with E-state index in [0.29, 0.717) is 30.4 Å². The van der Waals surface area contributed by atoms with Crippen molar-refractivity contribution < 1.29 is 38.9 Å². The van der Waals surface area contributed by atoms with Gasteiger partial charge in [-0.05, 0) is 42.4 Å². The molecule has 0 aliphatic heterocycles. The molecule has 0 aromatic heterocycles. The quantitative estimate of drug-likeness (QED) is 0.429. The second kappa shape index (κ2) is 9.88. The number of Topliss-reactive ketones (excluding diaryl/α,β-unsaturated/α-hetero) is 3. The van der Waals surface area contributed by atoms with Gasteiger partial charge in [0, 0.05) is 60.0 Å². The number of hydrogen-bond acceptors (Lipinski definition) is 7. The van der Waals surface area contributed by atoms with E-state index in [0.717, 1.165) is 0 Å². The molecule has 222 valence electrons. The lowest BCUT2D eigenvalue weighted by Gasteiger charge is -2.61. The van der Waals surface area contributed by atoms with Crippen LogP contribution >= 0.6 is 0 Å². The molecule has 2 fully saturated rings. The van der Waals surface area contributed by atoms with Crippen LogP contribution in [-0.4, -0.2) is 51.7 Å². The number of aliphatic hydroxyl groups excluding tert-OH is 1. The topological polar surface area (TPSA) is 135 Å². The van der Waals surface area contributed by atoms with Crippen molar-refractivity contribution in [3.05, 3.63) is 11.1 Å². The van der Waals surface area contributed by atoms with Crippen molar-refractivity contribution >= 4 is 29.3 Å². The van der Waals surface area contributed by atoms with Gasteiger partial charge in [-0.2, -0.15) is 0 Å². The molecular weight excluding hydrogens is 512 g/mol. The Morgan fingerprint density at radius 1 is 1.00 bits per heavy atom. The average Bonchev–Trinajstić information content (AvgIpc) is 3.03. The minimum Gasteiger partial charge on any atom is -0.481 e. The van der Waals surface area contributed by atoms with E-state index in [1.54, 1.807) is 0 Å². The van der Waals surface area contributed by atoms with Gasteiger partial charge < -0.3 is 14.9 Å². The Kier molecular flexibility index (Phi) is 7.56. The number of carboxylic acids is 1. The summed E-state index contributed by atoms with van der Waals surface area (Å²) in [4.78, 5) is 64.2. The maximum atomic E-state index is 14.2. The number of allylic oxidation sites excluding steroid dienone is 1. The predicted octanol–water partition coefficient (Wildman–Crippen LogP) is 4.70. The van der Waals surface area contributed by atoms with Crippen molar-refractivity contribution in [2.24, 2.45) is 45.3 Å². The van der Waals surface area contributed by atoms with Gasteiger partial charge in [0.05, 0.1) is 12.0 Å². The maximum Gasteiger partial charge on any atom is 0.306 e. The lowest BCUT2D eigenvalue weighted by molar-refractivity contribution is -0.169. The molecule has 4 aliphatic rings. The monoisotopic (exact) mass is 558 g/mol. The van der Waals surface area contributed by atoms with E-state index >= 15 is 0 Å². The lowest BCUT2D eigenvalue weighted by atomic mass is 9.42. The number of aliphatic hydroxyl groups is 1. The smallest absolute Gasteiger partial charge is 0.306 e. The summed E-state index contributed by atoms with van der Waals surface area (Å²) < 4.78 is 5.68. The van der Waals surface area contributed by atoms with E-state index < -0.39 is 39.7 Å². The Labute approximate surface area is 237 Å². The van der Waals surface area contributed by atoms with Gasteiger partial charge in [0.1, 0.15) is 11.9 Å². The molecule has 8 heteroatoms. The highest BCUT2D eigenvalue weighted by molar-refractivity contribution is 6.11. The fourth-order valence-electron chi connectivity index (χ4n) is 9.51. The zero-order valence-electron chi connectivity index (χ0n) is 25.3. The van der Waals surface area contributed by atoms with Gasteiger partial charge in [0.25, 0.3) is 0 Å². The summed E-state index contributed by atoms with van der Waals surface area (Å²) in [5.74, 6) is -3.03. The normalized spacial score (nSPS) is 40.0. The molecule has 0 radical (unpaired) electrons. The molecule has 4 aliphatic carbocycles. The standard InChI is InChI=1S/C32H46O8/c1-16(11-19(34)12-17(2)28(38)39)20-13-24(37)32(8)27-21(35)14-23-29(4,5)25(40-18(3)33)9-10-30(23,6)26(27)22(36)15-31(20,32)7/h16-17,20,23-25,37H,9-15H2,1-8H3,(H,38,39). The van der Waals surface area contributed by atoms with Crippen LogP contribution < -0.4 is 0 Å². The average molecular weight is 559 g/mol. The summed E-state index contributed by atoms with van der Waals surface area (Å²) in [6.07, 6.45) is 0.870. The second-order valence-corrected chi connectivity index (χ2v) is 14.5. The van der Waals surface area contributed by atoms with Crippen molar-refractivity contribution in [2.75, 3.05) is 0 Å². The van der Waals surface area contributed by atoms with Gasteiger partial charge in [-0.25, -0.2) is 0 Å². The van der Waals surface area contributed by atoms with Crippen LogP contribution in [-0.2, 0) is 28.7 Å². The fraction of sp³-hybridized carbons (Fsp3) is 0.781. The summed E-state index contributed by atoms with van der Waals surface area (Å²) >= 11 is 0. The van der Waals surface area contributed by atoms with E-state index in [9.17, 15) is 34.2 Å². The molecule has 0 spiro atoms. The van der Waals surface area contributed by atoms with Gasteiger partial charge in [0.15, 0.2) is 11.6 Å². The maximum absolute atomic E-state index is 14.2. The van der Waals surface area contributed by atoms with Crippen LogP contribution in [0, 0.1) is 45.3 Å². The molecule has 2 N–H and O–H groups in total. The first-order valence-electron chi connectivity index (χ1n) is 14.7. The zero-order chi connectivity index (χ0) is 30.2. The number of fused-ring (bicyclic) bond motifs is 4. The van der Waals surface area contributed by atoms with E-state index in [1.807, 2.05) is 34.6 Å². The number of carboxylic acid groups (broad SMARTS) is 1. The number of ketones is 3. The molecule has 0 amide bonds. The van der Waals surface area contributed by atoms with Crippen LogP contribution in [0.3, 0.4) is 0 Å². The fourth-order valence-corrected chi connectivity index (χ4v) is 9.51. The molecule has 4 rings (SSSR count). The third-order valence-corrected chi connectivity index (χ3v) is 11.9. The number of carbonyl (C=O) groups excluding carboxylic acids is 4. The van der Waals surface area contributed by atoms with Crippen LogP contribution in [0.2, 0.25) is 0 Å². The Balaban J connectivity index is 1.73. The van der Waals surface area contributed by atoms with Gasteiger partial charge >= 0.3 is 11.9 Å². The number of esters is 1. The van der Waals surface area contributed by atoms with E-state index in [4.69, 9.17) is 4.74 Å². The highest BCUT2D eigenvalue weighted by Gasteiger charge is 2.70. The Morgan fingerprint density at radius 3 is 2.20 bits per heavy atom. The molecule has 2 saturated carbocycles. The Hall–Kier alpha value is -2.35. The minimum absolute atomic E-state index is 0.0560. The highest BCUT2D eigenvalue weighted by atomic mass is 16.5. The molecule has 40 heavy (non-hydrogen) atoms. The SMILES string of the molecule is CC(=O)OC1CCC2(C)C3=C(C(=O)CC2C1(C)C)C1(C)C(O)CC(C(C)CC(=O)CC(C)C(=O)O)C1(C)CC3=O. The number of rotatable bonds is 7. The largest absolute Gasteiger partial charge is 0.481 e. The third-order valence-electron chi connectivity index (χ3n) is 11.9. The van der Waals surface area contributed by atoms with Gasteiger partial charge in [0.2, 0.25) is 0 Å². The van der Waals surface area contributed by atoms with Crippen molar-refractivity contribution in [3.63, 3.8) is 0 Å². The first-order chi connectivity index (χ1) is 18.3. The van der Waals surface area contributed by atoms with Gasteiger partial charge in [-0.15, -0.1) is 0 Å². The predicted molar refractivity (Wildman–Crippen MR) is 147 cm³/mol. The first kappa shape index (κ1) is 30.6. The van der Waals surface area contributed by atoms with Crippen molar-refractivity contribution in [3.8, 4) is 0 Å². The van der Waals surface area contributed by atoms with Crippen molar-refractivity contribution in [2.45, 2.75) is 113 Å². The van der Waals surface area contributed by atoms with Crippen LogP contribution in [0.1, 0.15) is 100 Å². The zero-order valence-corrected chi connectivity index (χ0v) is 25.3. The van der Waals surface area contributed by atoms with Gasteiger partial charge in [-0.3, -0.25) is 24.0 Å². The second-order valence-electron chi connectivity index (χ2n) is 14.5. The Bertz CT molecular complexity index is 1180.